The number of carboxylic acid groups (broad SMARTS) is 1. The molecule has 2 rings (SSSR count). The number of furan rings is 1. The van der Waals surface area contributed by atoms with E-state index < -0.39 is 27.9 Å². The van der Waals surface area contributed by atoms with Gasteiger partial charge in [-0.15, -0.1) is 0 Å². The maximum atomic E-state index is 12.2. The van der Waals surface area contributed by atoms with E-state index in [1.807, 2.05) is 0 Å². The third-order valence-electron chi connectivity index (χ3n) is 3.37. The molecule has 0 aliphatic carbocycles. The Morgan fingerprint density at radius 2 is 1.85 bits per heavy atom. The van der Waals surface area contributed by atoms with Crippen molar-refractivity contribution < 1.29 is 32.3 Å². The summed E-state index contributed by atoms with van der Waals surface area (Å²) in [6, 6.07) is 7.70. The van der Waals surface area contributed by atoms with Crippen LogP contribution in [-0.2, 0) is 21.4 Å². The summed E-state index contributed by atoms with van der Waals surface area (Å²) in [5, 5.41) is 11.7. The fourth-order valence-corrected chi connectivity index (χ4v) is 2.49. The largest absolute Gasteiger partial charge is 0.497 e. The van der Waals surface area contributed by atoms with E-state index in [4.69, 9.17) is 9.15 Å². The minimum absolute atomic E-state index is 0.118. The lowest BCUT2D eigenvalue weighted by Gasteiger charge is -2.14. The third-order valence-corrected chi connectivity index (χ3v) is 4.03. The van der Waals surface area contributed by atoms with Gasteiger partial charge in [0.1, 0.15) is 11.5 Å². The van der Waals surface area contributed by atoms with Crippen LogP contribution < -0.4 is 14.8 Å². The Hall–Kier alpha value is -2.85. The highest BCUT2D eigenvalue weighted by Gasteiger charge is 2.24. The number of hydrogen-bond acceptors (Lipinski definition) is 6. The number of amides is 1. The van der Waals surface area contributed by atoms with Crippen molar-refractivity contribution >= 4 is 21.9 Å². The zero-order chi connectivity index (χ0) is 19.3. The van der Waals surface area contributed by atoms with Gasteiger partial charge in [-0.1, -0.05) is 12.1 Å². The molecule has 140 valence electrons. The van der Waals surface area contributed by atoms with Crippen molar-refractivity contribution in [3.05, 3.63) is 53.5 Å². The second-order valence-corrected chi connectivity index (χ2v) is 7.21. The summed E-state index contributed by atoms with van der Waals surface area (Å²) in [6.45, 7) is -0.118. The number of hydrogen-bond donors (Lipinski definition) is 3. The molecule has 1 aromatic heterocycles. The van der Waals surface area contributed by atoms with Crippen molar-refractivity contribution in [2.75, 3.05) is 13.4 Å². The molecule has 0 spiro atoms. The van der Waals surface area contributed by atoms with E-state index in [2.05, 4.69) is 10.0 Å². The normalized spacial score (nSPS) is 12.4. The molecule has 0 bridgehead atoms. The number of carbonyl (C=O) groups excluding carboxylic acids is 1. The Morgan fingerprint density at radius 3 is 2.38 bits per heavy atom. The molecule has 1 heterocycles. The Bertz CT molecular complexity index is 888. The average Bonchev–Trinajstić information content (AvgIpc) is 3.06. The summed E-state index contributed by atoms with van der Waals surface area (Å²) in [7, 11) is -1.92. The molecule has 0 aliphatic rings. The van der Waals surface area contributed by atoms with Crippen LogP contribution in [0.2, 0.25) is 0 Å². The van der Waals surface area contributed by atoms with E-state index in [0.29, 0.717) is 11.3 Å². The van der Waals surface area contributed by atoms with Gasteiger partial charge in [0, 0.05) is 0 Å². The van der Waals surface area contributed by atoms with Crippen LogP contribution in [0.4, 0.5) is 0 Å². The van der Waals surface area contributed by atoms with Crippen LogP contribution in [0, 0.1) is 0 Å². The lowest BCUT2D eigenvalue weighted by molar-refractivity contribution is -0.139. The van der Waals surface area contributed by atoms with Crippen molar-refractivity contribution in [1.29, 1.82) is 0 Å². The van der Waals surface area contributed by atoms with E-state index in [0.717, 1.165) is 6.26 Å². The Balaban J connectivity index is 2.10. The fourth-order valence-electron chi connectivity index (χ4n) is 2.08. The van der Waals surface area contributed by atoms with Crippen molar-refractivity contribution in [2.24, 2.45) is 0 Å². The highest BCUT2D eigenvalue weighted by Crippen LogP contribution is 2.19. The second-order valence-electron chi connectivity index (χ2n) is 5.38. The van der Waals surface area contributed by atoms with Crippen LogP contribution in [0.3, 0.4) is 0 Å². The van der Waals surface area contributed by atoms with E-state index in [1.165, 1.54) is 31.4 Å². The summed E-state index contributed by atoms with van der Waals surface area (Å²) in [6.07, 6.45) is 0.996. The first-order chi connectivity index (χ1) is 12.2. The van der Waals surface area contributed by atoms with Gasteiger partial charge in [-0.25, -0.2) is 17.9 Å². The number of methoxy groups -OCH3 is 1. The van der Waals surface area contributed by atoms with Crippen molar-refractivity contribution in [2.45, 2.75) is 12.6 Å². The zero-order valence-corrected chi connectivity index (χ0v) is 14.9. The molecule has 26 heavy (non-hydrogen) atoms. The fraction of sp³-hybridized carbons (Fsp3) is 0.250. The summed E-state index contributed by atoms with van der Waals surface area (Å²) < 4.78 is 34.6. The van der Waals surface area contributed by atoms with Gasteiger partial charge in [-0.05, 0) is 29.8 Å². The number of rotatable bonds is 8. The summed E-state index contributed by atoms with van der Waals surface area (Å²) in [5.74, 6) is -1.34. The summed E-state index contributed by atoms with van der Waals surface area (Å²) in [4.78, 5) is 23.7. The highest BCUT2D eigenvalue weighted by atomic mass is 32.2. The van der Waals surface area contributed by atoms with Gasteiger partial charge in [0.2, 0.25) is 10.0 Å². The minimum Gasteiger partial charge on any atom is -0.497 e. The van der Waals surface area contributed by atoms with Gasteiger partial charge in [-0.3, -0.25) is 4.79 Å². The molecule has 0 aliphatic heterocycles. The maximum absolute atomic E-state index is 12.2. The number of sulfonamides is 1. The molecule has 3 N–H and O–H groups in total. The van der Waals surface area contributed by atoms with Crippen molar-refractivity contribution in [1.82, 2.24) is 10.0 Å². The quantitative estimate of drug-likeness (QED) is 0.617. The number of aliphatic carboxylic acids is 1. The predicted molar refractivity (Wildman–Crippen MR) is 91.2 cm³/mol. The molecule has 1 aromatic carbocycles. The molecule has 1 atom stereocenters. The molecular formula is C16H18N2O7S. The maximum Gasteiger partial charge on any atom is 0.330 e. The van der Waals surface area contributed by atoms with Gasteiger partial charge in [-0.2, -0.15) is 0 Å². The average molecular weight is 382 g/mol. The van der Waals surface area contributed by atoms with Crippen LogP contribution in [0.5, 0.6) is 5.75 Å². The van der Waals surface area contributed by atoms with E-state index in [1.54, 1.807) is 12.1 Å². The molecule has 1 unspecified atom stereocenters. The van der Waals surface area contributed by atoms with Crippen LogP contribution in [0.1, 0.15) is 27.9 Å². The molecule has 9 nitrogen and oxygen atoms in total. The highest BCUT2D eigenvalue weighted by molar-refractivity contribution is 7.88. The first kappa shape index (κ1) is 19.5. The molecule has 0 radical (unpaired) electrons. The molecule has 0 saturated carbocycles. The standard InChI is InChI=1S/C16H18N2O7S/c1-24-11-5-3-10(4-6-11)14(16(20)21)18-15(19)13-8-7-12(25-13)9-17-26(2,22)23/h3-8,14,17H,9H2,1-2H3,(H,18,19)(H,20,21). The van der Waals surface area contributed by atoms with E-state index in [-0.39, 0.29) is 18.1 Å². The van der Waals surface area contributed by atoms with E-state index in [9.17, 15) is 23.1 Å². The predicted octanol–water partition coefficient (Wildman–Crippen LogP) is 0.893. The van der Waals surface area contributed by atoms with E-state index >= 15 is 0 Å². The van der Waals surface area contributed by atoms with Gasteiger partial charge < -0.3 is 19.6 Å². The Labute approximate surface area is 150 Å². The lowest BCUT2D eigenvalue weighted by atomic mass is 10.1. The lowest BCUT2D eigenvalue weighted by Crippen LogP contribution is -2.33. The number of ether oxygens (including phenoxy) is 1. The number of carboxylic acids is 1. The third kappa shape index (κ3) is 5.33. The first-order valence-corrected chi connectivity index (χ1v) is 9.29. The summed E-state index contributed by atoms with van der Waals surface area (Å²) >= 11 is 0. The number of carbonyl (C=O) groups is 2. The SMILES string of the molecule is COc1ccc(C(NC(=O)c2ccc(CNS(C)(=O)=O)o2)C(=O)O)cc1. The molecule has 0 fully saturated rings. The van der Waals surface area contributed by atoms with Crippen molar-refractivity contribution in [3.63, 3.8) is 0 Å². The number of nitrogens with one attached hydrogen (secondary N) is 2. The molecule has 10 heteroatoms. The summed E-state index contributed by atoms with van der Waals surface area (Å²) in [5.41, 5.74) is 0.358. The Morgan fingerprint density at radius 1 is 1.19 bits per heavy atom. The smallest absolute Gasteiger partial charge is 0.330 e. The monoisotopic (exact) mass is 382 g/mol. The molecule has 0 saturated heterocycles. The van der Waals surface area contributed by atoms with Gasteiger partial charge in [0.05, 0.1) is 19.9 Å². The zero-order valence-electron chi connectivity index (χ0n) is 14.1. The Kier molecular flexibility index (Phi) is 6.01. The van der Waals surface area contributed by atoms with Crippen molar-refractivity contribution in [3.8, 4) is 5.75 Å². The first-order valence-electron chi connectivity index (χ1n) is 7.40. The molecule has 2 aromatic rings. The van der Waals surface area contributed by atoms with Crippen LogP contribution in [-0.4, -0.2) is 38.8 Å². The minimum atomic E-state index is -3.40. The van der Waals surface area contributed by atoms with Crippen LogP contribution >= 0.6 is 0 Å². The van der Waals surface area contributed by atoms with Gasteiger partial charge in [0.15, 0.2) is 11.8 Å². The van der Waals surface area contributed by atoms with Crippen LogP contribution in [0.25, 0.3) is 0 Å². The van der Waals surface area contributed by atoms with Crippen LogP contribution in [0.15, 0.2) is 40.8 Å². The number of benzene rings is 1. The topological polar surface area (TPSA) is 135 Å². The van der Waals surface area contributed by atoms with Gasteiger partial charge in [0.25, 0.3) is 5.91 Å². The van der Waals surface area contributed by atoms with Gasteiger partial charge >= 0.3 is 5.97 Å². The second kappa shape index (κ2) is 8.02. The molecule has 1 amide bonds. The molecular weight excluding hydrogens is 364 g/mol.